The van der Waals surface area contributed by atoms with Crippen LogP contribution in [0.3, 0.4) is 0 Å². The molecule has 1 N–H and O–H groups in total. The van der Waals surface area contributed by atoms with E-state index in [1.54, 1.807) is 23.2 Å². The van der Waals surface area contributed by atoms with Crippen molar-refractivity contribution >= 4 is 15.9 Å². The minimum atomic E-state index is -3.62. The van der Waals surface area contributed by atoms with Gasteiger partial charge in [0.2, 0.25) is 15.9 Å². The van der Waals surface area contributed by atoms with Gasteiger partial charge in [0, 0.05) is 32.4 Å². The third-order valence-corrected chi connectivity index (χ3v) is 9.01. The Labute approximate surface area is 201 Å². The number of benzene rings is 1. The number of aryl methyl sites for hydroxylation is 3. The number of hydrogen-bond donors (Lipinski definition) is 1. The molecule has 3 heterocycles. The molecule has 1 atom stereocenters. The van der Waals surface area contributed by atoms with Crippen molar-refractivity contribution < 1.29 is 23.1 Å². The maximum Gasteiger partial charge on any atom is 0.248 e. The minimum absolute atomic E-state index is 0.0941. The molecule has 184 valence electrons. The number of aliphatic hydroxyl groups is 1. The van der Waals surface area contributed by atoms with E-state index in [4.69, 9.17) is 4.74 Å². The number of pyridine rings is 1. The van der Waals surface area contributed by atoms with E-state index >= 15 is 0 Å². The molecule has 0 spiro atoms. The lowest BCUT2D eigenvalue weighted by molar-refractivity contribution is -0.142. The molecule has 9 heteroatoms. The van der Waals surface area contributed by atoms with Crippen LogP contribution in [0.2, 0.25) is 0 Å². The van der Waals surface area contributed by atoms with Gasteiger partial charge in [-0.15, -0.1) is 0 Å². The van der Waals surface area contributed by atoms with Gasteiger partial charge in [0.25, 0.3) is 0 Å². The van der Waals surface area contributed by atoms with Crippen molar-refractivity contribution in [1.29, 1.82) is 0 Å². The molecular weight excluding hydrogens is 454 g/mol. The van der Waals surface area contributed by atoms with Crippen molar-refractivity contribution in [3.05, 3.63) is 58.9 Å². The molecule has 1 amide bonds. The van der Waals surface area contributed by atoms with Crippen LogP contribution >= 0.6 is 0 Å². The maximum atomic E-state index is 13.3. The summed E-state index contributed by atoms with van der Waals surface area (Å²) >= 11 is 0. The molecule has 2 aliphatic rings. The fraction of sp³-hybridized carbons (Fsp3) is 0.520. The SMILES string of the molecule is Cc1cc(C)c(S(=O)(=O)N2CCC(OCC(=O)N3CCC(O)(c4ccccn4)CC3)C2)c(C)c1. The average molecular weight is 488 g/mol. The second-order valence-corrected chi connectivity index (χ2v) is 11.3. The lowest BCUT2D eigenvalue weighted by Gasteiger charge is -2.37. The van der Waals surface area contributed by atoms with E-state index in [-0.39, 0.29) is 25.2 Å². The largest absolute Gasteiger partial charge is 0.383 e. The van der Waals surface area contributed by atoms with Gasteiger partial charge in [0.1, 0.15) is 12.2 Å². The maximum absolute atomic E-state index is 13.3. The van der Waals surface area contributed by atoms with E-state index in [0.717, 1.165) is 16.7 Å². The minimum Gasteiger partial charge on any atom is -0.383 e. The second-order valence-electron chi connectivity index (χ2n) is 9.44. The molecule has 8 nitrogen and oxygen atoms in total. The van der Waals surface area contributed by atoms with E-state index in [0.29, 0.717) is 49.5 Å². The molecule has 2 fully saturated rings. The van der Waals surface area contributed by atoms with Gasteiger partial charge >= 0.3 is 0 Å². The predicted octanol–water partition coefficient (Wildman–Crippen LogP) is 2.30. The smallest absolute Gasteiger partial charge is 0.248 e. The monoisotopic (exact) mass is 487 g/mol. The van der Waals surface area contributed by atoms with Gasteiger partial charge in [-0.2, -0.15) is 4.31 Å². The van der Waals surface area contributed by atoms with Crippen molar-refractivity contribution in [2.45, 2.75) is 56.6 Å². The Morgan fingerprint density at radius 2 is 1.82 bits per heavy atom. The van der Waals surface area contributed by atoms with Gasteiger partial charge in [-0.25, -0.2) is 8.42 Å². The molecule has 0 saturated carbocycles. The zero-order chi connectivity index (χ0) is 24.5. The third-order valence-electron chi connectivity index (χ3n) is 6.84. The topological polar surface area (TPSA) is 100 Å². The first-order valence-electron chi connectivity index (χ1n) is 11.7. The zero-order valence-corrected chi connectivity index (χ0v) is 20.8. The van der Waals surface area contributed by atoms with Crippen LogP contribution in [0.4, 0.5) is 0 Å². The summed E-state index contributed by atoms with van der Waals surface area (Å²) in [5, 5.41) is 10.9. The number of likely N-dealkylation sites (tertiary alicyclic amines) is 1. The van der Waals surface area contributed by atoms with Gasteiger partial charge in [-0.3, -0.25) is 9.78 Å². The molecule has 0 bridgehead atoms. The molecule has 2 aromatic rings. The summed E-state index contributed by atoms with van der Waals surface area (Å²) in [4.78, 5) is 19.0. The van der Waals surface area contributed by atoms with Crippen molar-refractivity contribution in [1.82, 2.24) is 14.2 Å². The number of rotatable bonds is 6. The molecule has 0 aliphatic carbocycles. The number of hydrogen-bond acceptors (Lipinski definition) is 6. The highest BCUT2D eigenvalue weighted by Gasteiger charge is 2.38. The number of nitrogens with zero attached hydrogens (tertiary/aromatic N) is 3. The highest BCUT2D eigenvalue weighted by molar-refractivity contribution is 7.89. The van der Waals surface area contributed by atoms with Crippen LogP contribution in [0, 0.1) is 20.8 Å². The summed E-state index contributed by atoms with van der Waals surface area (Å²) < 4.78 is 33.8. The van der Waals surface area contributed by atoms with Crippen LogP contribution in [-0.4, -0.2) is 72.5 Å². The summed E-state index contributed by atoms with van der Waals surface area (Å²) in [7, 11) is -3.62. The van der Waals surface area contributed by atoms with Crippen molar-refractivity contribution in [2.75, 3.05) is 32.8 Å². The highest BCUT2D eigenvalue weighted by atomic mass is 32.2. The molecule has 1 aromatic heterocycles. The van der Waals surface area contributed by atoms with Gasteiger partial charge in [0.15, 0.2) is 0 Å². The van der Waals surface area contributed by atoms with E-state index in [1.165, 1.54) is 4.31 Å². The van der Waals surface area contributed by atoms with Crippen LogP contribution in [0.1, 0.15) is 41.6 Å². The van der Waals surface area contributed by atoms with E-state index in [9.17, 15) is 18.3 Å². The van der Waals surface area contributed by atoms with Crippen LogP contribution < -0.4 is 0 Å². The Morgan fingerprint density at radius 3 is 2.44 bits per heavy atom. The Hall–Kier alpha value is -2.33. The predicted molar refractivity (Wildman–Crippen MR) is 128 cm³/mol. The average Bonchev–Trinajstić information content (AvgIpc) is 3.28. The molecule has 34 heavy (non-hydrogen) atoms. The Balaban J connectivity index is 1.30. The zero-order valence-electron chi connectivity index (χ0n) is 20.0. The summed E-state index contributed by atoms with van der Waals surface area (Å²) in [6.07, 6.45) is 2.72. The van der Waals surface area contributed by atoms with E-state index < -0.39 is 15.6 Å². The lowest BCUT2D eigenvalue weighted by Crippen LogP contribution is -2.47. The first-order valence-corrected chi connectivity index (χ1v) is 13.2. The van der Waals surface area contributed by atoms with E-state index in [2.05, 4.69) is 4.98 Å². The molecule has 4 rings (SSSR count). The van der Waals surface area contributed by atoms with Gasteiger partial charge in [0.05, 0.1) is 16.7 Å². The molecule has 2 saturated heterocycles. The number of aromatic nitrogens is 1. The third kappa shape index (κ3) is 5.02. The summed E-state index contributed by atoms with van der Waals surface area (Å²) in [6, 6.07) is 9.23. The fourth-order valence-electron chi connectivity index (χ4n) is 5.06. The van der Waals surface area contributed by atoms with Gasteiger partial charge < -0.3 is 14.7 Å². The van der Waals surface area contributed by atoms with Gasteiger partial charge in [-0.05, 0) is 63.3 Å². The molecule has 2 aliphatic heterocycles. The van der Waals surface area contributed by atoms with E-state index in [1.807, 2.05) is 39.0 Å². The van der Waals surface area contributed by atoms with Crippen LogP contribution in [0.25, 0.3) is 0 Å². The lowest BCUT2D eigenvalue weighted by atomic mass is 9.88. The summed E-state index contributed by atoms with van der Waals surface area (Å²) in [6.45, 7) is 6.96. The molecular formula is C25H33N3O5S. The van der Waals surface area contributed by atoms with Crippen LogP contribution in [0.5, 0.6) is 0 Å². The van der Waals surface area contributed by atoms with Crippen molar-refractivity contribution in [3.63, 3.8) is 0 Å². The normalized spacial score (nSPS) is 21.1. The Morgan fingerprint density at radius 1 is 1.15 bits per heavy atom. The Bertz CT molecular complexity index is 1120. The quantitative estimate of drug-likeness (QED) is 0.671. The molecule has 1 unspecified atom stereocenters. The Kier molecular flexibility index (Phi) is 7.09. The first kappa shape index (κ1) is 24.8. The first-order chi connectivity index (χ1) is 16.1. The number of carbonyl (C=O) groups excluding carboxylic acids is 1. The standard InChI is InChI=1S/C25H33N3O5S/c1-18-14-19(2)24(20(3)15-18)34(31,32)28-11-7-21(16-28)33-17-23(29)27-12-8-25(30,9-13-27)22-6-4-5-10-26-22/h4-6,10,14-15,21,30H,7-9,11-13,16-17H2,1-3H3. The second kappa shape index (κ2) is 9.73. The van der Waals surface area contributed by atoms with Crippen LogP contribution in [-0.2, 0) is 25.2 Å². The van der Waals surface area contributed by atoms with Gasteiger partial charge in [-0.1, -0.05) is 23.8 Å². The summed E-state index contributed by atoms with van der Waals surface area (Å²) in [5.74, 6) is -0.144. The number of carbonyl (C=O) groups is 1. The van der Waals surface area contributed by atoms with Crippen molar-refractivity contribution in [2.24, 2.45) is 0 Å². The summed E-state index contributed by atoms with van der Waals surface area (Å²) in [5.41, 5.74) is 2.13. The van der Waals surface area contributed by atoms with Crippen molar-refractivity contribution in [3.8, 4) is 0 Å². The highest BCUT2D eigenvalue weighted by Crippen LogP contribution is 2.32. The number of ether oxygens (including phenoxy) is 1. The number of sulfonamides is 1. The number of amides is 1. The molecule has 1 aromatic carbocycles. The molecule has 0 radical (unpaired) electrons. The van der Waals surface area contributed by atoms with Crippen LogP contribution in [0.15, 0.2) is 41.4 Å². The number of piperidine rings is 1. The fourth-order valence-corrected chi connectivity index (χ4v) is 6.95.